The minimum absolute atomic E-state index is 1.18. The number of nitrogens with zero attached hydrogens (tertiary/aromatic N) is 2. The van der Waals surface area contributed by atoms with Crippen LogP contribution in [0.25, 0.3) is 56.2 Å². The quantitative estimate of drug-likeness (QED) is 0.0985. The highest BCUT2D eigenvalue weighted by Crippen LogP contribution is 2.32. The molecule has 0 radical (unpaired) electrons. The van der Waals surface area contributed by atoms with E-state index < -0.39 is 14.5 Å². The van der Waals surface area contributed by atoms with Gasteiger partial charge >= 0.3 is 14.5 Å². The molecule has 6 rings (SSSR count). The molecule has 0 spiro atoms. The monoisotopic (exact) mass is 664 g/mol. The van der Waals surface area contributed by atoms with Crippen LogP contribution in [0.15, 0.2) is 146 Å². The van der Waals surface area contributed by atoms with E-state index in [0.717, 1.165) is 0 Å². The second-order valence-corrected chi connectivity index (χ2v) is 10.6. The Morgan fingerprint density at radius 2 is 0.479 bits per heavy atom. The Morgan fingerprint density at radius 3 is 0.646 bits per heavy atom. The molecule has 0 aliphatic rings. The number of rotatable bonds is 5. The number of pyridine rings is 2. The van der Waals surface area contributed by atoms with Crippen molar-refractivity contribution in [2.24, 2.45) is 14.1 Å². The molecular weight excluding hydrogens is 634 g/mol. The molecule has 0 saturated carbocycles. The predicted molar refractivity (Wildman–Crippen MR) is 176 cm³/mol. The van der Waals surface area contributed by atoms with Gasteiger partial charge in [0.15, 0.2) is 0 Å². The highest BCUT2D eigenvalue weighted by molar-refractivity contribution is 6.50. The number of halogens is 8. The van der Waals surface area contributed by atoms with E-state index in [-0.39, 0.29) is 0 Å². The Morgan fingerprint density at radius 1 is 0.312 bits per heavy atom. The largest absolute Gasteiger partial charge is 0.673 e. The standard InChI is InChI=1S/C36H30N2.2BF4/c1-37-33(27-15-7-3-8-16-27)23-31(24-34(37)28-17-9-4-10-18-28)32-25-35(29-19-11-5-12-20-29)38(2)36(26-32)30-21-13-6-14-22-30;2*2-1(3,4)5/h3-26H,1-2H3;;/q+2;2*-1. The smallest absolute Gasteiger partial charge is 0.418 e. The first-order valence-electron chi connectivity index (χ1n) is 14.7. The maximum absolute atomic E-state index is 9.75. The molecular formula is C36H30B2F8N2. The lowest BCUT2D eigenvalue weighted by Crippen LogP contribution is -2.35. The maximum Gasteiger partial charge on any atom is 0.673 e. The van der Waals surface area contributed by atoms with Crippen LogP contribution >= 0.6 is 0 Å². The normalized spacial score (nSPS) is 11.1. The lowest BCUT2D eigenvalue weighted by atomic mass is 9.96. The molecule has 0 N–H and O–H groups in total. The van der Waals surface area contributed by atoms with Crippen molar-refractivity contribution in [3.63, 3.8) is 0 Å². The zero-order chi connectivity index (χ0) is 34.9. The van der Waals surface area contributed by atoms with Crippen LogP contribution in [0.2, 0.25) is 0 Å². The van der Waals surface area contributed by atoms with E-state index >= 15 is 0 Å². The highest BCUT2D eigenvalue weighted by Gasteiger charge is 2.24. The molecule has 0 amide bonds. The molecule has 0 saturated heterocycles. The average molecular weight is 664 g/mol. The Labute approximate surface area is 273 Å². The van der Waals surface area contributed by atoms with E-state index in [0.29, 0.717) is 0 Å². The molecule has 4 aromatic carbocycles. The Hall–Kier alpha value is -5.25. The maximum atomic E-state index is 9.75. The Balaban J connectivity index is 0.000000458. The summed E-state index contributed by atoms with van der Waals surface area (Å²) >= 11 is 0. The summed E-state index contributed by atoms with van der Waals surface area (Å²) < 4.78 is 82.6. The number of aromatic nitrogens is 2. The van der Waals surface area contributed by atoms with Crippen molar-refractivity contribution in [2.75, 3.05) is 0 Å². The minimum Gasteiger partial charge on any atom is -0.418 e. The van der Waals surface area contributed by atoms with E-state index in [1.165, 1.54) is 56.2 Å². The molecule has 0 aliphatic heterocycles. The number of hydrogen-bond acceptors (Lipinski definition) is 0. The van der Waals surface area contributed by atoms with Crippen LogP contribution in [0, 0.1) is 0 Å². The summed E-state index contributed by atoms with van der Waals surface area (Å²) in [6.07, 6.45) is 0. The van der Waals surface area contributed by atoms with Gasteiger partial charge in [-0.3, -0.25) is 0 Å². The Bertz CT molecular complexity index is 1640. The average Bonchev–Trinajstić information content (AvgIpc) is 3.05. The minimum atomic E-state index is -6.00. The third kappa shape index (κ3) is 10.4. The molecule has 2 nitrogen and oxygen atoms in total. The molecule has 0 atom stereocenters. The van der Waals surface area contributed by atoms with Crippen LogP contribution in [-0.4, -0.2) is 14.5 Å². The molecule has 0 bridgehead atoms. The number of hydrogen-bond donors (Lipinski definition) is 0. The lowest BCUT2D eigenvalue weighted by Gasteiger charge is -2.12. The highest BCUT2D eigenvalue weighted by atomic mass is 19.5. The van der Waals surface area contributed by atoms with E-state index in [4.69, 9.17) is 0 Å². The van der Waals surface area contributed by atoms with E-state index in [1.807, 2.05) is 0 Å². The fourth-order valence-electron chi connectivity index (χ4n) is 5.20. The van der Waals surface area contributed by atoms with Crippen molar-refractivity contribution in [2.45, 2.75) is 0 Å². The third-order valence-electron chi connectivity index (χ3n) is 7.23. The van der Waals surface area contributed by atoms with Gasteiger partial charge in [-0.1, -0.05) is 72.8 Å². The van der Waals surface area contributed by atoms with E-state index in [1.54, 1.807) is 0 Å². The molecule has 6 aromatic rings. The van der Waals surface area contributed by atoms with Gasteiger partial charge in [-0.25, -0.2) is 0 Å². The van der Waals surface area contributed by atoms with Gasteiger partial charge in [0, 0.05) is 46.5 Å². The summed E-state index contributed by atoms with van der Waals surface area (Å²) in [6, 6.07) is 51.9. The first-order chi connectivity index (χ1) is 22.7. The summed E-state index contributed by atoms with van der Waals surface area (Å²) in [5, 5.41) is 0. The van der Waals surface area contributed by atoms with Crippen molar-refractivity contribution in [1.29, 1.82) is 0 Å². The summed E-state index contributed by atoms with van der Waals surface area (Å²) in [7, 11) is -7.69. The van der Waals surface area contributed by atoms with Gasteiger partial charge in [-0.15, -0.1) is 0 Å². The second kappa shape index (κ2) is 15.6. The van der Waals surface area contributed by atoms with Crippen molar-refractivity contribution in [3.8, 4) is 56.2 Å². The summed E-state index contributed by atoms with van der Waals surface area (Å²) in [5.41, 5.74) is 11.9. The lowest BCUT2D eigenvalue weighted by molar-refractivity contribution is -0.649. The second-order valence-electron chi connectivity index (χ2n) is 10.6. The molecule has 0 fully saturated rings. The van der Waals surface area contributed by atoms with Crippen LogP contribution < -0.4 is 9.13 Å². The first kappa shape index (κ1) is 35.6. The van der Waals surface area contributed by atoms with Crippen LogP contribution in [0.5, 0.6) is 0 Å². The summed E-state index contributed by atoms with van der Waals surface area (Å²) in [4.78, 5) is 0. The van der Waals surface area contributed by atoms with Gasteiger partial charge in [-0.2, -0.15) is 9.13 Å². The molecule has 48 heavy (non-hydrogen) atoms. The van der Waals surface area contributed by atoms with Crippen molar-refractivity contribution < 1.29 is 43.7 Å². The van der Waals surface area contributed by atoms with Gasteiger partial charge in [0.2, 0.25) is 22.8 Å². The van der Waals surface area contributed by atoms with Crippen LogP contribution in [-0.2, 0) is 14.1 Å². The van der Waals surface area contributed by atoms with Gasteiger partial charge in [0.25, 0.3) is 0 Å². The van der Waals surface area contributed by atoms with Gasteiger partial charge in [0.1, 0.15) is 14.1 Å². The molecule has 2 heterocycles. The SMILES string of the molecule is C[n+]1c(-c2ccccc2)cc(-c2cc(-c3ccccc3)[n+](C)c(-c3ccccc3)c2)cc1-c1ccccc1.F[B-](F)(F)F.F[B-](F)(F)F. The third-order valence-corrected chi connectivity index (χ3v) is 7.23. The van der Waals surface area contributed by atoms with Crippen LogP contribution in [0.1, 0.15) is 0 Å². The summed E-state index contributed by atoms with van der Waals surface area (Å²) in [6.45, 7) is 0. The zero-order valence-corrected chi connectivity index (χ0v) is 25.9. The molecule has 0 unspecified atom stereocenters. The van der Waals surface area contributed by atoms with Gasteiger partial charge < -0.3 is 34.5 Å². The van der Waals surface area contributed by atoms with Crippen molar-refractivity contribution in [1.82, 2.24) is 0 Å². The molecule has 2 aromatic heterocycles. The van der Waals surface area contributed by atoms with Crippen LogP contribution in [0.3, 0.4) is 0 Å². The topological polar surface area (TPSA) is 7.76 Å². The van der Waals surface area contributed by atoms with Gasteiger partial charge in [0.05, 0.1) is 0 Å². The predicted octanol–water partition coefficient (Wildman–Crippen LogP) is 10.3. The van der Waals surface area contributed by atoms with Crippen molar-refractivity contribution >= 4 is 14.5 Å². The zero-order valence-electron chi connectivity index (χ0n) is 25.9. The molecule has 12 heteroatoms. The van der Waals surface area contributed by atoms with Crippen LogP contribution in [0.4, 0.5) is 34.5 Å². The number of benzene rings is 4. The van der Waals surface area contributed by atoms with E-state index in [9.17, 15) is 34.5 Å². The molecule has 246 valence electrons. The first-order valence-corrected chi connectivity index (χ1v) is 14.7. The summed E-state index contributed by atoms with van der Waals surface area (Å²) in [5.74, 6) is 0. The fourth-order valence-corrected chi connectivity index (χ4v) is 5.20. The van der Waals surface area contributed by atoms with Crippen molar-refractivity contribution in [3.05, 3.63) is 146 Å². The fraction of sp³-hybridized carbons (Fsp3) is 0.0556. The van der Waals surface area contributed by atoms with Gasteiger partial charge in [-0.05, 0) is 59.7 Å². The Kier molecular flexibility index (Phi) is 11.5. The molecule has 0 aliphatic carbocycles. The van der Waals surface area contributed by atoms with E-state index in [2.05, 4.69) is 169 Å².